The number of aldehydes is 2. The highest BCUT2D eigenvalue weighted by molar-refractivity contribution is 5.60. The molecular weight excluding hydrogens is 436 g/mol. The lowest BCUT2D eigenvalue weighted by atomic mass is 9.48. The zero-order chi connectivity index (χ0) is 25.5. The summed E-state index contributed by atoms with van der Waals surface area (Å²) in [6.07, 6.45) is 11.7. The number of aliphatic hydroxyl groups is 1. The molecule has 0 spiro atoms. The average molecular weight is 485 g/mol. The molecule has 3 unspecified atom stereocenters. The van der Waals surface area contributed by atoms with Crippen LogP contribution in [-0.2, 0) is 22.4 Å². The number of carbonyl (C=O) groups is 2. The third-order valence-corrected chi connectivity index (χ3v) is 11.5. The lowest BCUT2D eigenvalue weighted by Gasteiger charge is -2.55. The number of aromatic nitrogens is 2. The number of aromatic amines is 1. The summed E-state index contributed by atoms with van der Waals surface area (Å²) < 4.78 is 0. The molecular formula is C30H48N2O3. The van der Waals surface area contributed by atoms with Gasteiger partial charge in [-0.2, -0.15) is 5.10 Å². The fraction of sp³-hybridized carbons (Fsp3) is 0.833. The van der Waals surface area contributed by atoms with Gasteiger partial charge < -0.3 is 14.7 Å². The summed E-state index contributed by atoms with van der Waals surface area (Å²) >= 11 is 0. The summed E-state index contributed by atoms with van der Waals surface area (Å²) in [5.41, 5.74) is 2.14. The molecule has 2 N–H and O–H groups in total. The van der Waals surface area contributed by atoms with Crippen molar-refractivity contribution in [3.8, 4) is 0 Å². The van der Waals surface area contributed by atoms with Crippen LogP contribution in [0.3, 0.4) is 0 Å². The summed E-state index contributed by atoms with van der Waals surface area (Å²) in [6, 6.07) is 0. The van der Waals surface area contributed by atoms with Crippen molar-refractivity contribution in [3.05, 3.63) is 17.5 Å². The van der Waals surface area contributed by atoms with Crippen LogP contribution in [0.1, 0.15) is 91.3 Å². The summed E-state index contributed by atoms with van der Waals surface area (Å²) in [5, 5.41) is 18.6. The minimum absolute atomic E-state index is 0.0250. The Balaban J connectivity index is 1.55. The number of rotatable bonds is 9. The Kier molecular flexibility index (Phi) is 7.67. The molecule has 1 heterocycles. The van der Waals surface area contributed by atoms with Crippen molar-refractivity contribution < 1.29 is 14.7 Å². The van der Waals surface area contributed by atoms with Crippen molar-refractivity contribution in [1.29, 1.82) is 0 Å². The maximum Gasteiger partial charge on any atom is 0.124 e. The van der Waals surface area contributed by atoms with Crippen LogP contribution < -0.4 is 0 Å². The number of hydrogen-bond donors (Lipinski definition) is 2. The lowest BCUT2D eigenvalue weighted by Crippen LogP contribution is -2.52. The number of carbonyl (C=O) groups excluding carboxylic acids is 2. The number of nitrogens with zero attached hydrogens (tertiary/aromatic N) is 1. The first-order chi connectivity index (χ1) is 16.6. The normalized spacial score (nSPS) is 39.5. The fourth-order valence-corrected chi connectivity index (χ4v) is 9.03. The fourth-order valence-electron chi connectivity index (χ4n) is 9.03. The first-order valence-electron chi connectivity index (χ1n) is 14.2. The summed E-state index contributed by atoms with van der Waals surface area (Å²) in [5.74, 6) is 2.24. The molecule has 3 aliphatic rings. The maximum absolute atomic E-state index is 12.7. The molecule has 196 valence electrons. The molecule has 5 heteroatoms. The summed E-state index contributed by atoms with van der Waals surface area (Å²) in [7, 11) is 0. The van der Waals surface area contributed by atoms with E-state index in [-0.39, 0.29) is 40.6 Å². The van der Waals surface area contributed by atoms with Crippen molar-refractivity contribution >= 4 is 12.6 Å². The third-order valence-electron chi connectivity index (χ3n) is 11.5. The molecule has 2 fully saturated rings. The van der Waals surface area contributed by atoms with Gasteiger partial charge in [-0.25, -0.2) is 0 Å². The first kappa shape index (κ1) is 26.6. The van der Waals surface area contributed by atoms with Crippen molar-refractivity contribution in [3.63, 3.8) is 0 Å². The smallest absolute Gasteiger partial charge is 0.124 e. The second kappa shape index (κ2) is 10.1. The Morgan fingerprint density at radius 3 is 2.46 bits per heavy atom. The van der Waals surface area contributed by atoms with E-state index in [4.69, 9.17) is 0 Å². The molecule has 0 saturated heterocycles. The summed E-state index contributed by atoms with van der Waals surface area (Å²) in [4.78, 5) is 25.0. The number of H-pyrrole nitrogens is 1. The first-order valence-corrected chi connectivity index (χ1v) is 14.2. The highest BCUT2D eigenvalue weighted by atomic mass is 16.3. The Morgan fingerprint density at radius 2 is 1.83 bits per heavy atom. The molecule has 0 radical (unpaired) electrons. The van der Waals surface area contributed by atoms with E-state index in [1.807, 2.05) is 6.20 Å². The van der Waals surface area contributed by atoms with Gasteiger partial charge in [-0.1, -0.05) is 48.0 Å². The molecule has 0 bridgehead atoms. The molecule has 1 aromatic rings. The lowest BCUT2D eigenvalue weighted by molar-refractivity contribution is -0.133. The predicted molar refractivity (Wildman–Crippen MR) is 139 cm³/mol. The van der Waals surface area contributed by atoms with Gasteiger partial charge in [0, 0.05) is 17.5 Å². The SMILES string of the molecule is CCC(CC(O)C(C)[C@H]1CC[C@H]2[C@H](C=O)[C@@H]([C@@]3(C)Cc4cn[nH]c4C[C@@H]3C=O)CC[C@]12C)C(C)C. The van der Waals surface area contributed by atoms with Crippen LogP contribution in [0.4, 0.5) is 0 Å². The minimum atomic E-state index is -0.287. The molecule has 0 aromatic carbocycles. The van der Waals surface area contributed by atoms with Gasteiger partial charge in [0.25, 0.3) is 0 Å². The second-order valence-electron chi connectivity index (χ2n) is 13.2. The molecule has 0 aliphatic heterocycles. The Morgan fingerprint density at radius 1 is 1.11 bits per heavy atom. The quantitative estimate of drug-likeness (QED) is 0.443. The van der Waals surface area contributed by atoms with Gasteiger partial charge in [0.05, 0.1) is 12.3 Å². The third kappa shape index (κ3) is 4.45. The van der Waals surface area contributed by atoms with Gasteiger partial charge in [-0.05, 0) is 96.8 Å². The van der Waals surface area contributed by atoms with E-state index in [0.29, 0.717) is 30.1 Å². The van der Waals surface area contributed by atoms with Crippen LogP contribution >= 0.6 is 0 Å². The zero-order valence-electron chi connectivity index (χ0n) is 22.8. The average Bonchev–Trinajstić information content (AvgIpc) is 3.43. The number of nitrogens with one attached hydrogen (secondary N) is 1. The molecule has 1 aromatic heterocycles. The van der Waals surface area contributed by atoms with Gasteiger partial charge in [-0.3, -0.25) is 5.10 Å². The molecule has 4 rings (SSSR count). The van der Waals surface area contributed by atoms with E-state index in [9.17, 15) is 14.7 Å². The Bertz CT molecular complexity index is 896. The van der Waals surface area contributed by atoms with Crippen molar-refractivity contribution in [2.24, 2.45) is 58.2 Å². The van der Waals surface area contributed by atoms with Crippen molar-refractivity contribution in [2.75, 3.05) is 0 Å². The maximum atomic E-state index is 12.7. The molecule has 2 saturated carbocycles. The number of hydrogen-bond acceptors (Lipinski definition) is 4. The van der Waals surface area contributed by atoms with Gasteiger partial charge in [-0.15, -0.1) is 0 Å². The molecule has 3 aliphatic carbocycles. The van der Waals surface area contributed by atoms with E-state index in [2.05, 4.69) is 51.7 Å². The summed E-state index contributed by atoms with van der Waals surface area (Å²) in [6.45, 7) is 13.7. The van der Waals surface area contributed by atoms with Gasteiger partial charge in [0.15, 0.2) is 0 Å². The molecule has 10 atom stereocenters. The van der Waals surface area contributed by atoms with Crippen LogP contribution in [0.2, 0.25) is 0 Å². The molecule has 35 heavy (non-hydrogen) atoms. The van der Waals surface area contributed by atoms with Gasteiger partial charge in [0.2, 0.25) is 0 Å². The minimum Gasteiger partial charge on any atom is -0.393 e. The molecule has 5 nitrogen and oxygen atoms in total. The Hall–Kier alpha value is -1.49. The van der Waals surface area contributed by atoms with Crippen LogP contribution in [0.5, 0.6) is 0 Å². The second-order valence-corrected chi connectivity index (χ2v) is 13.2. The topological polar surface area (TPSA) is 83.0 Å². The van der Waals surface area contributed by atoms with E-state index < -0.39 is 0 Å². The molecule has 0 amide bonds. The highest BCUT2D eigenvalue weighted by Crippen LogP contribution is 2.64. The van der Waals surface area contributed by atoms with E-state index in [1.54, 1.807) is 0 Å². The van der Waals surface area contributed by atoms with Gasteiger partial charge in [0.1, 0.15) is 12.6 Å². The van der Waals surface area contributed by atoms with Crippen LogP contribution in [0.15, 0.2) is 6.20 Å². The van der Waals surface area contributed by atoms with E-state index in [0.717, 1.165) is 56.9 Å². The van der Waals surface area contributed by atoms with Crippen LogP contribution in [-0.4, -0.2) is 34.0 Å². The standard InChI is InChI=1S/C30H48N2O3/c1-7-20(18(2)3)12-28(35)19(4)24-8-9-25-23(17-34)26(10-11-29(24,25)5)30(6)14-21-15-31-32-27(21)13-22(30)16-33/h15-20,22-26,28,35H,7-14H2,1-6H3,(H,31,32)/t19?,20?,22-,23+,24-,25+,26+,28?,29-,30+/m1/s1. The van der Waals surface area contributed by atoms with E-state index >= 15 is 0 Å². The zero-order valence-corrected chi connectivity index (χ0v) is 22.8. The predicted octanol–water partition coefficient (Wildman–Crippen LogP) is 5.66. The Labute approximate surface area is 212 Å². The largest absolute Gasteiger partial charge is 0.393 e. The highest BCUT2D eigenvalue weighted by Gasteiger charge is 2.59. The van der Waals surface area contributed by atoms with Crippen molar-refractivity contribution in [1.82, 2.24) is 10.2 Å². The van der Waals surface area contributed by atoms with Crippen LogP contribution in [0.25, 0.3) is 0 Å². The van der Waals surface area contributed by atoms with E-state index in [1.165, 1.54) is 11.8 Å². The van der Waals surface area contributed by atoms with Gasteiger partial charge >= 0.3 is 0 Å². The number of fused-ring (bicyclic) bond motifs is 2. The number of aliphatic hydroxyl groups excluding tert-OH is 1. The monoisotopic (exact) mass is 484 g/mol. The van der Waals surface area contributed by atoms with Crippen molar-refractivity contribution in [2.45, 2.75) is 99.0 Å². The van der Waals surface area contributed by atoms with Crippen LogP contribution in [0, 0.1) is 58.2 Å².